The summed E-state index contributed by atoms with van der Waals surface area (Å²) in [5.41, 5.74) is 0.631. The third-order valence-electron chi connectivity index (χ3n) is 4.71. The average Bonchev–Trinajstić information content (AvgIpc) is 2.49. The molecule has 0 heterocycles. The van der Waals surface area contributed by atoms with Crippen LogP contribution in [0.3, 0.4) is 0 Å². The lowest BCUT2D eigenvalue weighted by Gasteiger charge is -2.40. The quantitative estimate of drug-likeness (QED) is 0.874. The minimum Gasteiger partial charge on any atom is -0.394 e. The predicted octanol–water partition coefficient (Wildman–Crippen LogP) is 3.24. The van der Waals surface area contributed by atoms with Crippen molar-refractivity contribution in [1.29, 1.82) is 0 Å². The van der Waals surface area contributed by atoms with Crippen LogP contribution in [0.25, 0.3) is 0 Å². The Labute approximate surface area is 127 Å². The van der Waals surface area contributed by atoms with Crippen molar-refractivity contribution < 1.29 is 9.90 Å². The minimum atomic E-state index is -0.420. The molecule has 0 aromatic heterocycles. The molecule has 0 bridgehead atoms. The van der Waals surface area contributed by atoms with Crippen LogP contribution in [0.5, 0.6) is 0 Å². The van der Waals surface area contributed by atoms with Gasteiger partial charge < -0.3 is 10.4 Å². The van der Waals surface area contributed by atoms with Crippen molar-refractivity contribution in [1.82, 2.24) is 5.32 Å². The Morgan fingerprint density at radius 1 is 1.43 bits per heavy atom. The van der Waals surface area contributed by atoms with Crippen LogP contribution in [0.1, 0.15) is 57.4 Å². The minimum absolute atomic E-state index is 0.0360. The molecule has 0 aliphatic heterocycles. The normalized spacial score (nSPS) is 27.1. The van der Waals surface area contributed by atoms with E-state index < -0.39 is 5.54 Å². The zero-order chi connectivity index (χ0) is 15.3. The number of amides is 1. The van der Waals surface area contributed by atoms with Crippen molar-refractivity contribution >= 4 is 5.91 Å². The first-order chi connectivity index (χ1) is 10.1. The van der Waals surface area contributed by atoms with Crippen LogP contribution in [0.2, 0.25) is 0 Å². The van der Waals surface area contributed by atoms with Gasteiger partial charge in [-0.05, 0) is 30.7 Å². The summed E-state index contributed by atoms with van der Waals surface area (Å²) >= 11 is 0. The van der Waals surface area contributed by atoms with E-state index in [0.717, 1.165) is 31.2 Å². The van der Waals surface area contributed by atoms with Crippen LogP contribution < -0.4 is 5.32 Å². The molecule has 1 fully saturated rings. The molecule has 1 amide bonds. The van der Waals surface area contributed by atoms with Gasteiger partial charge in [0.15, 0.2) is 0 Å². The lowest BCUT2D eigenvalue weighted by Crippen LogP contribution is -2.55. The molecule has 2 N–H and O–H groups in total. The van der Waals surface area contributed by atoms with Crippen molar-refractivity contribution in [3.8, 4) is 0 Å². The summed E-state index contributed by atoms with van der Waals surface area (Å²) in [5, 5.41) is 13.0. The van der Waals surface area contributed by atoms with Crippen molar-refractivity contribution in [2.45, 2.75) is 57.4 Å². The van der Waals surface area contributed by atoms with Gasteiger partial charge in [-0.3, -0.25) is 4.79 Å². The largest absolute Gasteiger partial charge is 0.394 e. The second-order valence-corrected chi connectivity index (χ2v) is 6.50. The molecule has 21 heavy (non-hydrogen) atoms. The number of rotatable bonds is 5. The summed E-state index contributed by atoms with van der Waals surface area (Å²) < 4.78 is 0. The second kappa shape index (κ2) is 7.08. The summed E-state index contributed by atoms with van der Waals surface area (Å²) in [6.07, 6.45) is 4.79. The monoisotopic (exact) mass is 289 g/mol. The van der Waals surface area contributed by atoms with E-state index in [0.29, 0.717) is 5.92 Å². The third-order valence-corrected chi connectivity index (χ3v) is 4.71. The number of aliphatic hydroxyl groups is 1. The molecule has 0 radical (unpaired) electrons. The van der Waals surface area contributed by atoms with E-state index in [9.17, 15) is 9.90 Å². The Bertz CT molecular complexity index is 460. The van der Waals surface area contributed by atoms with Gasteiger partial charge >= 0.3 is 0 Å². The number of nitrogens with one attached hydrogen (secondary N) is 1. The van der Waals surface area contributed by atoms with E-state index in [-0.39, 0.29) is 18.4 Å². The molecule has 3 heteroatoms. The van der Waals surface area contributed by atoms with E-state index in [1.165, 1.54) is 6.42 Å². The van der Waals surface area contributed by atoms with Crippen molar-refractivity contribution in [2.24, 2.45) is 5.92 Å². The molecular weight excluding hydrogens is 262 g/mol. The highest BCUT2D eigenvalue weighted by molar-refractivity contribution is 5.84. The first kappa shape index (κ1) is 16.0. The molecule has 0 saturated heterocycles. The van der Waals surface area contributed by atoms with Crippen LogP contribution >= 0.6 is 0 Å². The molecule has 1 saturated carbocycles. The Hall–Kier alpha value is -1.35. The Morgan fingerprint density at radius 3 is 2.71 bits per heavy atom. The number of aliphatic hydroxyl groups excluding tert-OH is 1. The van der Waals surface area contributed by atoms with Gasteiger partial charge in [-0.2, -0.15) is 0 Å². The fourth-order valence-corrected chi connectivity index (χ4v) is 3.56. The van der Waals surface area contributed by atoms with Crippen LogP contribution in [-0.4, -0.2) is 23.2 Å². The lowest BCUT2D eigenvalue weighted by molar-refractivity contribution is -0.126. The van der Waals surface area contributed by atoms with Gasteiger partial charge in [-0.1, -0.05) is 57.0 Å². The summed E-state index contributed by atoms with van der Waals surface area (Å²) in [6, 6.07) is 9.91. The predicted molar refractivity (Wildman–Crippen MR) is 85.1 cm³/mol. The Kier molecular flexibility index (Phi) is 5.40. The van der Waals surface area contributed by atoms with Crippen molar-refractivity contribution in [3.05, 3.63) is 35.9 Å². The van der Waals surface area contributed by atoms with Gasteiger partial charge in [0.05, 0.1) is 18.1 Å². The molecule has 3 atom stereocenters. The highest BCUT2D eigenvalue weighted by Gasteiger charge is 2.37. The summed E-state index contributed by atoms with van der Waals surface area (Å²) in [4.78, 5) is 12.7. The van der Waals surface area contributed by atoms with Gasteiger partial charge in [0.1, 0.15) is 0 Å². The zero-order valence-corrected chi connectivity index (χ0v) is 13.1. The fourth-order valence-electron chi connectivity index (χ4n) is 3.56. The number of carbonyl (C=O) groups is 1. The maximum atomic E-state index is 12.7. The number of carbonyl (C=O) groups excluding carboxylic acids is 1. The van der Waals surface area contributed by atoms with Crippen molar-refractivity contribution in [2.75, 3.05) is 6.61 Å². The van der Waals surface area contributed by atoms with Gasteiger partial charge in [-0.25, -0.2) is 0 Å². The highest BCUT2D eigenvalue weighted by Crippen LogP contribution is 2.33. The Morgan fingerprint density at radius 2 is 2.14 bits per heavy atom. The number of hydrogen-bond donors (Lipinski definition) is 2. The standard InChI is InChI=1S/C18H27NO2/c1-3-16(15-9-5-4-6-10-15)17(21)19-18(13-20)11-7-8-14(2)12-18/h4-6,9-10,14,16,20H,3,7-8,11-13H2,1-2H3,(H,19,21). The summed E-state index contributed by atoms with van der Waals surface area (Å²) in [6.45, 7) is 4.27. The molecular formula is C18H27NO2. The molecule has 116 valence electrons. The van der Waals surface area contributed by atoms with Crippen LogP contribution in [-0.2, 0) is 4.79 Å². The van der Waals surface area contributed by atoms with E-state index in [1.807, 2.05) is 37.3 Å². The van der Waals surface area contributed by atoms with Gasteiger partial charge in [-0.15, -0.1) is 0 Å². The lowest BCUT2D eigenvalue weighted by atomic mass is 9.76. The molecule has 2 rings (SSSR count). The van der Waals surface area contributed by atoms with Gasteiger partial charge in [0.25, 0.3) is 0 Å². The van der Waals surface area contributed by atoms with E-state index >= 15 is 0 Å². The molecule has 1 aliphatic carbocycles. The first-order valence-electron chi connectivity index (χ1n) is 8.08. The smallest absolute Gasteiger partial charge is 0.228 e. The molecule has 3 unspecified atom stereocenters. The molecule has 0 spiro atoms. The van der Waals surface area contributed by atoms with Crippen LogP contribution in [0.4, 0.5) is 0 Å². The second-order valence-electron chi connectivity index (χ2n) is 6.50. The van der Waals surface area contributed by atoms with E-state index in [1.54, 1.807) is 0 Å². The highest BCUT2D eigenvalue weighted by atomic mass is 16.3. The summed E-state index contributed by atoms with van der Waals surface area (Å²) in [5.74, 6) is 0.474. The molecule has 1 aromatic carbocycles. The summed E-state index contributed by atoms with van der Waals surface area (Å²) in [7, 11) is 0. The van der Waals surface area contributed by atoms with E-state index in [2.05, 4.69) is 12.2 Å². The third kappa shape index (κ3) is 3.85. The number of hydrogen-bond acceptors (Lipinski definition) is 2. The van der Waals surface area contributed by atoms with Crippen molar-refractivity contribution in [3.63, 3.8) is 0 Å². The van der Waals surface area contributed by atoms with Gasteiger partial charge in [0.2, 0.25) is 5.91 Å². The molecule has 1 aromatic rings. The molecule has 1 aliphatic rings. The maximum absolute atomic E-state index is 12.7. The van der Waals surface area contributed by atoms with Gasteiger partial charge in [0, 0.05) is 0 Å². The van der Waals surface area contributed by atoms with Crippen LogP contribution in [0.15, 0.2) is 30.3 Å². The van der Waals surface area contributed by atoms with Crippen LogP contribution in [0, 0.1) is 5.92 Å². The maximum Gasteiger partial charge on any atom is 0.228 e. The SMILES string of the molecule is CCC(C(=O)NC1(CO)CCCC(C)C1)c1ccccc1. The average molecular weight is 289 g/mol. The Balaban J connectivity index is 2.11. The first-order valence-corrected chi connectivity index (χ1v) is 8.08. The topological polar surface area (TPSA) is 49.3 Å². The fraction of sp³-hybridized carbons (Fsp3) is 0.611. The van der Waals surface area contributed by atoms with E-state index in [4.69, 9.17) is 0 Å². The number of benzene rings is 1. The zero-order valence-electron chi connectivity index (χ0n) is 13.1. The molecule has 3 nitrogen and oxygen atoms in total.